The molecule has 124 valence electrons. The molecule has 0 amide bonds. The first kappa shape index (κ1) is 16.0. The van der Waals surface area contributed by atoms with E-state index in [9.17, 15) is 13.2 Å². The van der Waals surface area contributed by atoms with E-state index in [1.807, 2.05) is 7.05 Å². The van der Waals surface area contributed by atoms with Crippen molar-refractivity contribution in [3.05, 3.63) is 47.5 Å². The Kier molecular flexibility index (Phi) is 4.39. The van der Waals surface area contributed by atoms with Gasteiger partial charge in [0, 0.05) is 13.1 Å². The highest BCUT2D eigenvalue weighted by Gasteiger charge is 2.33. The van der Waals surface area contributed by atoms with E-state index >= 15 is 0 Å². The molecule has 1 fully saturated rings. The molecule has 1 aliphatic rings. The Morgan fingerprint density at radius 3 is 2.83 bits per heavy atom. The second-order valence-corrected chi connectivity index (χ2v) is 5.95. The molecule has 0 unspecified atom stereocenters. The van der Waals surface area contributed by atoms with Gasteiger partial charge in [-0.25, -0.2) is 4.98 Å². The van der Waals surface area contributed by atoms with E-state index in [0.29, 0.717) is 6.54 Å². The lowest BCUT2D eigenvalue weighted by Crippen LogP contribution is -2.31. The second kappa shape index (κ2) is 6.31. The number of hydrogen-bond acceptors (Lipinski definition) is 3. The van der Waals surface area contributed by atoms with E-state index in [-0.39, 0.29) is 12.0 Å². The predicted molar refractivity (Wildman–Crippen MR) is 79.7 cm³/mol. The van der Waals surface area contributed by atoms with Crippen LogP contribution >= 0.6 is 0 Å². The summed E-state index contributed by atoms with van der Waals surface area (Å²) in [6.07, 6.45) is 0.0695. The largest absolute Gasteiger partial charge is 0.416 e. The van der Waals surface area contributed by atoms with E-state index in [1.165, 1.54) is 18.5 Å². The third-order valence-corrected chi connectivity index (χ3v) is 4.49. The van der Waals surface area contributed by atoms with Crippen LogP contribution in [-0.2, 0) is 19.8 Å². The molecule has 2 aromatic rings. The molecule has 0 aliphatic heterocycles. The van der Waals surface area contributed by atoms with Crippen molar-refractivity contribution in [2.24, 2.45) is 7.05 Å². The third kappa shape index (κ3) is 3.55. The topological polar surface area (TPSA) is 42.7 Å². The fourth-order valence-electron chi connectivity index (χ4n) is 3.25. The van der Waals surface area contributed by atoms with Gasteiger partial charge in [-0.2, -0.15) is 18.3 Å². The molecule has 1 saturated carbocycles. The van der Waals surface area contributed by atoms with E-state index in [0.717, 1.165) is 36.7 Å². The lowest BCUT2D eigenvalue weighted by atomic mass is 9.92. The molecule has 1 N–H and O–H groups in total. The summed E-state index contributed by atoms with van der Waals surface area (Å²) in [5.74, 6) is 0.921. The van der Waals surface area contributed by atoms with Gasteiger partial charge in [0.05, 0.1) is 12.1 Å². The van der Waals surface area contributed by atoms with E-state index in [4.69, 9.17) is 0 Å². The Hall–Kier alpha value is -1.89. The molecule has 0 saturated heterocycles. The van der Waals surface area contributed by atoms with Gasteiger partial charge in [0.25, 0.3) is 0 Å². The number of hydrogen-bond donors (Lipinski definition) is 1. The molecular weight excluding hydrogens is 305 g/mol. The Morgan fingerprint density at radius 2 is 2.13 bits per heavy atom. The number of nitrogens with zero attached hydrogens (tertiary/aromatic N) is 3. The lowest BCUT2D eigenvalue weighted by molar-refractivity contribution is -0.137. The highest BCUT2D eigenvalue weighted by atomic mass is 19.4. The number of aromatic nitrogens is 3. The van der Waals surface area contributed by atoms with Crippen LogP contribution in [0.25, 0.3) is 0 Å². The summed E-state index contributed by atoms with van der Waals surface area (Å²) in [6.45, 7) is 0.566. The predicted octanol–water partition coefficient (Wildman–Crippen LogP) is 3.26. The summed E-state index contributed by atoms with van der Waals surface area (Å²) in [7, 11) is 1.82. The van der Waals surface area contributed by atoms with Crippen LogP contribution in [0, 0.1) is 0 Å². The van der Waals surface area contributed by atoms with Gasteiger partial charge in [0.1, 0.15) is 12.2 Å². The Bertz CT molecular complexity index is 665. The van der Waals surface area contributed by atoms with Crippen LogP contribution in [0.2, 0.25) is 0 Å². The average Bonchev–Trinajstić information content (AvgIpc) is 3.13. The summed E-state index contributed by atoms with van der Waals surface area (Å²) >= 11 is 0. The first-order valence-corrected chi connectivity index (χ1v) is 7.68. The van der Waals surface area contributed by atoms with Gasteiger partial charge in [0.15, 0.2) is 0 Å². The molecule has 7 heteroatoms. The summed E-state index contributed by atoms with van der Waals surface area (Å²) in [4.78, 5) is 4.16. The van der Waals surface area contributed by atoms with Gasteiger partial charge in [0.2, 0.25) is 0 Å². The minimum Gasteiger partial charge on any atom is -0.306 e. The molecule has 1 aliphatic carbocycles. The second-order valence-electron chi connectivity index (χ2n) is 5.95. The number of rotatable bonds is 4. The van der Waals surface area contributed by atoms with Crippen molar-refractivity contribution in [3.8, 4) is 0 Å². The molecule has 0 radical (unpaired) electrons. The van der Waals surface area contributed by atoms with Gasteiger partial charge in [-0.05, 0) is 30.4 Å². The van der Waals surface area contributed by atoms with Gasteiger partial charge >= 0.3 is 6.18 Å². The van der Waals surface area contributed by atoms with Crippen LogP contribution < -0.4 is 5.32 Å². The summed E-state index contributed by atoms with van der Waals surface area (Å²) < 4.78 is 40.4. The molecule has 4 nitrogen and oxygen atoms in total. The highest BCUT2D eigenvalue weighted by molar-refractivity contribution is 5.30. The summed E-state index contributed by atoms with van der Waals surface area (Å²) in [5, 5.41) is 7.45. The fourth-order valence-corrected chi connectivity index (χ4v) is 3.25. The monoisotopic (exact) mass is 324 g/mol. The maximum atomic E-state index is 12.9. The molecule has 1 aromatic carbocycles. The van der Waals surface area contributed by atoms with Crippen molar-refractivity contribution >= 4 is 0 Å². The van der Waals surface area contributed by atoms with Crippen LogP contribution in [0.1, 0.15) is 42.1 Å². The Balaban J connectivity index is 1.73. The molecule has 23 heavy (non-hydrogen) atoms. The highest BCUT2D eigenvalue weighted by Crippen LogP contribution is 2.37. The number of alkyl halides is 3. The zero-order valence-electron chi connectivity index (χ0n) is 12.8. The van der Waals surface area contributed by atoms with Crippen LogP contribution in [0.4, 0.5) is 13.2 Å². The van der Waals surface area contributed by atoms with Crippen molar-refractivity contribution in [1.29, 1.82) is 0 Å². The maximum Gasteiger partial charge on any atom is 0.416 e. The zero-order chi connectivity index (χ0) is 16.4. The fraction of sp³-hybridized carbons (Fsp3) is 0.500. The van der Waals surface area contributed by atoms with Gasteiger partial charge in [-0.1, -0.05) is 24.6 Å². The van der Waals surface area contributed by atoms with Crippen LogP contribution in [0.15, 0.2) is 30.6 Å². The summed E-state index contributed by atoms with van der Waals surface area (Å²) in [6, 6.07) is 5.86. The number of aryl methyl sites for hydroxylation is 1. The van der Waals surface area contributed by atoms with Crippen LogP contribution in [-0.4, -0.2) is 20.8 Å². The van der Waals surface area contributed by atoms with Crippen LogP contribution in [0.5, 0.6) is 0 Å². The third-order valence-electron chi connectivity index (χ3n) is 4.49. The number of benzene rings is 1. The lowest BCUT2D eigenvalue weighted by Gasteiger charge is -2.22. The van der Waals surface area contributed by atoms with Crippen LogP contribution in [0.3, 0.4) is 0 Å². The molecular formula is C16H19F3N4. The number of nitrogens with one attached hydrogen (secondary N) is 1. The molecule has 0 bridgehead atoms. The molecule has 2 atom stereocenters. The quantitative estimate of drug-likeness (QED) is 0.939. The van der Waals surface area contributed by atoms with Crippen molar-refractivity contribution < 1.29 is 13.2 Å². The van der Waals surface area contributed by atoms with Gasteiger partial charge < -0.3 is 5.32 Å². The normalized spacial score (nSPS) is 21.7. The minimum absolute atomic E-state index is 0.102. The average molecular weight is 324 g/mol. The Labute approximate surface area is 132 Å². The SMILES string of the molecule is Cn1ncnc1CN[C@H]1CCC[C@@H]1c1cccc(C(F)(F)F)c1. The standard InChI is InChI=1S/C16H19F3N4/c1-23-15(21-10-22-23)9-20-14-7-3-6-13(14)11-4-2-5-12(8-11)16(17,18)19/h2,4-5,8,10,13-14,20H,3,6-7,9H2,1H3/t13-,14+/m1/s1. The maximum absolute atomic E-state index is 12.9. The first-order chi connectivity index (χ1) is 10.9. The first-order valence-electron chi connectivity index (χ1n) is 7.68. The zero-order valence-corrected chi connectivity index (χ0v) is 12.8. The smallest absolute Gasteiger partial charge is 0.306 e. The molecule has 1 heterocycles. The minimum atomic E-state index is -4.30. The number of halogens is 3. The summed E-state index contributed by atoms with van der Waals surface area (Å²) in [5.41, 5.74) is 0.182. The van der Waals surface area contributed by atoms with Crippen molar-refractivity contribution in [2.45, 2.75) is 43.9 Å². The van der Waals surface area contributed by atoms with Crippen molar-refractivity contribution in [1.82, 2.24) is 20.1 Å². The van der Waals surface area contributed by atoms with Gasteiger partial charge in [-0.15, -0.1) is 0 Å². The van der Waals surface area contributed by atoms with Gasteiger partial charge in [-0.3, -0.25) is 4.68 Å². The van der Waals surface area contributed by atoms with Crippen molar-refractivity contribution in [2.75, 3.05) is 0 Å². The van der Waals surface area contributed by atoms with Crippen molar-refractivity contribution in [3.63, 3.8) is 0 Å². The molecule has 0 spiro atoms. The van der Waals surface area contributed by atoms with E-state index in [1.54, 1.807) is 10.7 Å². The molecule has 3 rings (SSSR count). The van der Waals surface area contributed by atoms with E-state index in [2.05, 4.69) is 15.4 Å². The molecule has 1 aromatic heterocycles. The Morgan fingerprint density at radius 1 is 1.30 bits per heavy atom. The van der Waals surface area contributed by atoms with E-state index < -0.39 is 11.7 Å².